The molecule has 4 rings (SSSR count). The van der Waals surface area contributed by atoms with Gasteiger partial charge in [0.05, 0.1) is 12.2 Å². The number of nitrogens with zero attached hydrogens (tertiary/aromatic N) is 1. The van der Waals surface area contributed by atoms with Crippen molar-refractivity contribution in [1.29, 1.82) is 0 Å². The summed E-state index contributed by atoms with van der Waals surface area (Å²) < 4.78 is 7.27. The van der Waals surface area contributed by atoms with Crippen molar-refractivity contribution in [3.05, 3.63) is 80.6 Å². The second-order valence-electron chi connectivity index (χ2n) is 7.11. The molecule has 1 saturated heterocycles. The fraction of sp³-hybridized carbons (Fsp3) is 0.333. The Bertz CT molecular complexity index is 1110. The van der Waals surface area contributed by atoms with E-state index in [1.54, 1.807) is 18.7 Å². The average Bonchev–Trinajstić information content (AvgIpc) is 3.05. The van der Waals surface area contributed by atoms with E-state index < -0.39 is 23.6 Å². The highest BCUT2D eigenvalue weighted by atomic mass is 32.2. The number of aryl methyl sites for hydroxylation is 1. The maximum absolute atomic E-state index is 12.0. The second kappa shape index (κ2) is 7.95. The van der Waals surface area contributed by atoms with Crippen LogP contribution in [0.4, 0.5) is 0 Å². The van der Waals surface area contributed by atoms with Crippen molar-refractivity contribution in [2.75, 3.05) is 5.75 Å². The summed E-state index contributed by atoms with van der Waals surface area (Å²) in [6.07, 6.45) is 0.252. The van der Waals surface area contributed by atoms with Crippen LogP contribution in [0.15, 0.2) is 58.3 Å². The summed E-state index contributed by atoms with van der Waals surface area (Å²) in [7, 11) is 0. The first-order valence-electron chi connectivity index (χ1n) is 9.22. The summed E-state index contributed by atoms with van der Waals surface area (Å²) in [6.45, 7) is 1.64. The van der Waals surface area contributed by atoms with Gasteiger partial charge in [0.2, 0.25) is 0 Å². The van der Waals surface area contributed by atoms with Gasteiger partial charge in [0.1, 0.15) is 6.23 Å². The van der Waals surface area contributed by atoms with Gasteiger partial charge in [-0.25, -0.2) is 4.79 Å². The van der Waals surface area contributed by atoms with Gasteiger partial charge in [0.15, 0.2) is 0 Å². The van der Waals surface area contributed by atoms with Crippen LogP contribution in [-0.4, -0.2) is 32.6 Å². The van der Waals surface area contributed by atoms with Gasteiger partial charge in [0, 0.05) is 29.7 Å². The lowest BCUT2D eigenvalue weighted by Gasteiger charge is -2.16. The van der Waals surface area contributed by atoms with Crippen molar-refractivity contribution in [1.82, 2.24) is 9.55 Å². The lowest BCUT2D eigenvalue weighted by atomic mass is 10.1. The molecule has 3 atom stereocenters. The first-order valence-corrected chi connectivity index (χ1v) is 10.4. The van der Waals surface area contributed by atoms with E-state index in [4.69, 9.17) is 4.74 Å². The molecule has 1 aliphatic heterocycles. The Morgan fingerprint density at radius 2 is 2.00 bits per heavy atom. The predicted molar refractivity (Wildman–Crippen MR) is 111 cm³/mol. The molecular formula is C21H22N2O4S. The number of aliphatic hydroxyl groups is 1. The Morgan fingerprint density at radius 3 is 2.82 bits per heavy atom. The van der Waals surface area contributed by atoms with Crippen LogP contribution in [0, 0.1) is 6.92 Å². The summed E-state index contributed by atoms with van der Waals surface area (Å²) in [5.74, 6) is 1.45. The molecule has 0 bridgehead atoms. The molecule has 0 amide bonds. The van der Waals surface area contributed by atoms with E-state index >= 15 is 0 Å². The second-order valence-corrected chi connectivity index (χ2v) is 8.14. The summed E-state index contributed by atoms with van der Waals surface area (Å²) in [4.78, 5) is 25.8. The number of aromatic nitrogens is 2. The number of aromatic amines is 1. The van der Waals surface area contributed by atoms with Crippen LogP contribution in [0.2, 0.25) is 0 Å². The minimum absolute atomic E-state index is 0.326. The third-order valence-electron chi connectivity index (χ3n) is 5.03. The highest BCUT2D eigenvalue weighted by Crippen LogP contribution is 2.30. The molecular weight excluding hydrogens is 376 g/mol. The van der Waals surface area contributed by atoms with E-state index in [1.807, 2.05) is 12.1 Å². The van der Waals surface area contributed by atoms with Crippen molar-refractivity contribution in [3.63, 3.8) is 0 Å². The number of hydrogen-bond donors (Lipinski definition) is 2. The van der Waals surface area contributed by atoms with E-state index in [2.05, 4.69) is 35.3 Å². The standard InChI is InChI=1S/C21H22N2O4S/c1-13-10-23(21(26)22-20(13)25)19-9-17(24)18(27-19)12-28-11-14-6-7-15-4-2-3-5-16(15)8-14/h2-8,10,17-19,24H,9,11-12H2,1H3,(H,22,25,26)/t17?,18-,19-/m1/s1. The van der Waals surface area contributed by atoms with Gasteiger partial charge in [-0.1, -0.05) is 42.5 Å². The summed E-state index contributed by atoms with van der Waals surface area (Å²) in [5.41, 5.74) is 0.742. The van der Waals surface area contributed by atoms with Crippen LogP contribution in [-0.2, 0) is 10.5 Å². The quantitative estimate of drug-likeness (QED) is 0.690. The summed E-state index contributed by atoms with van der Waals surface area (Å²) in [5, 5.41) is 12.8. The summed E-state index contributed by atoms with van der Waals surface area (Å²) >= 11 is 1.69. The van der Waals surface area contributed by atoms with Gasteiger partial charge in [-0.2, -0.15) is 11.8 Å². The topological polar surface area (TPSA) is 84.3 Å². The van der Waals surface area contributed by atoms with Gasteiger partial charge in [0.25, 0.3) is 5.56 Å². The average molecular weight is 398 g/mol. The largest absolute Gasteiger partial charge is 0.390 e. The molecule has 2 aromatic carbocycles. The zero-order valence-corrected chi connectivity index (χ0v) is 16.3. The predicted octanol–water partition coefficient (Wildman–Crippen LogP) is 2.58. The maximum atomic E-state index is 12.0. The van der Waals surface area contributed by atoms with Crippen molar-refractivity contribution in [2.24, 2.45) is 0 Å². The molecule has 1 unspecified atom stereocenters. The van der Waals surface area contributed by atoms with Crippen LogP contribution in [0.25, 0.3) is 10.8 Å². The van der Waals surface area contributed by atoms with Crippen LogP contribution < -0.4 is 11.2 Å². The molecule has 3 aromatic rings. The Hall–Kier alpha value is -2.35. The number of benzene rings is 2. The lowest BCUT2D eigenvalue weighted by Crippen LogP contribution is -2.33. The van der Waals surface area contributed by atoms with Crippen molar-refractivity contribution in [3.8, 4) is 0 Å². The molecule has 2 N–H and O–H groups in total. The highest BCUT2D eigenvalue weighted by molar-refractivity contribution is 7.98. The smallest absolute Gasteiger partial charge is 0.330 e. The Morgan fingerprint density at radius 1 is 1.21 bits per heavy atom. The monoisotopic (exact) mass is 398 g/mol. The van der Waals surface area contributed by atoms with Gasteiger partial charge in [-0.3, -0.25) is 14.3 Å². The Labute approximate surface area is 166 Å². The van der Waals surface area contributed by atoms with E-state index in [9.17, 15) is 14.7 Å². The number of thioether (sulfide) groups is 1. The zero-order chi connectivity index (χ0) is 19.7. The number of fused-ring (bicyclic) bond motifs is 1. The molecule has 1 aromatic heterocycles. The number of nitrogens with one attached hydrogen (secondary N) is 1. The highest BCUT2D eigenvalue weighted by Gasteiger charge is 2.35. The Kier molecular flexibility index (Phi) is 5.39. The van der Waals surface area contributed by atoms with Crippen molar-refractivity contribution >= 4 is 22.5 Å². The van der Waals surface area contributed by atoms with Crippen molar-refractivity contribution in [2.45, 2.75) is 37.5 Å². The van der Waals surface area contributed by atoms with Crippen molar-refractivity contribution < 1.29 is 9.84 Å². The maximum Gasteiger partial charge on any atom is 0.330 e. The Balaban J connectivity index is 1.38. The van der Waals surface area contributed by atoms with E-state index in [1.165, 1.54) is 27.1 Å². The number of rotatable bonds is 5. The van der Waals surface area contributed by atoms with Crippen LogP contribution in [0.1, 0.15) is 23.8 Å². The molecule has 1 aliphatic rings. The van der Waals surface area contributed by atoms with Gasteiger partial charge >= 0.3 is 5.69 Å². The lowest BCUT2D eigenvalue weighted by molar-refractivity contribution is -0.00765. The molecule has 28 heavy (non-hydrogen) atoms. The van der Waals surface area contributed by atoms with Crippen LogP contribution in [0.3, 0.4) is 0 Å². The molecule has 1 fully saturated rings. The molecule has 2 heterocycles. The summed E-state index contributed by atoms with van der Waals surface area (Å²) in [6, 6.07) is 14.7. The zero-order valence-electron chi connectivity index (χ0n) is 15.5. The fourth-order valence-electron chi connectivity index (χ4n) is 3.46. The van der Waals surface area contributed by atoms with E-state index in [0.29, 0.717) is 17.7 Å². The van der Waals surface area contributed by atoms with Gasteiger partial charge in [-0.15, -0.1) is 0 Å². The minimum Gasteiger partial charge on any atom is -0.390 e. The molecule has 146 valence electrons. The van der Waals surface area contributed by atoms with E-state index in [-0.39, 0.29) is 6.10 Å². The number of aliphatic hydroxyl groups excluding tert-OH is 1. The number of ether oxygens (including phenoxy) is 1. The molecule has 6 nitrogen and oxygen atoms in total. The van der Waals surface area contributed by atoms with Crippen LogP contribution in [0.5, 0.6) is 0 Å². The number of H-pyrrole nitrogens is 1. The third kappa shape index (κ3) is 3.92. The SMILES string of the molecule is Cc1cn([C@H]2CC(O)[C@@H](CSCc3ccc4ccccc4c3)O2)c(=O)[nH]c1=O. The van der Waals surface area contributed by atoms with Gasteiger partial charge in [-0.05, 0) is 23.3 Å². The first kappa shape index (κ1) is 19.0. The van der Waals surface area contributed by atoms with E-state index in [0.717, 1.165) is 5.75 Å². The van der Waals surface area contributed by atoms with Crippen LogP contribution >= 0.6 is 11.8 Å². The molecule has 0 saturated carbocycles. The molecule has 7 heteroatoms. The third-order valence-corrected chi connectivity index (χ3v) is 6.13. The van der Waals surface area contributed by atoms with Gasteiger partial charge < -0.3 is 9.84 Å². The molecule has 0 spiro atoms. The minimum atomic E-state index is -0.645. The fourth-order valence-corrected chi connectivity index (χ4v) is 4.52. The normalized spacial score (nSPS) is 22.0. The number of hydrogen-bond acceptors (Lipinski definition) is 5. The molecule has 0 radical (unpaired) electrons. The first-order chi connectivity index (χ1) is 13.5. The molecule has 0 aliphatic carbocycles.